The zero-order valence-corrected chi connectivity index (χ0v) is 13.1. The molecule has 0 fully saturated rings. The monoisotopic (exact) mass is 334 g/mol. The Morgan fingerprint density at radius 2 is 1.88 bits per heavy atom. The van der Waals surface area contributed by atoms with Crippen molar-refractivity contribution in [3.05, 3.63) is 85.7 Å². The molecule has 0 spiro atoms. The van der Waals surface area contributed by atoms with Crippen LogP contribution in [-0.2, 0) is 0 Å². The van der Waals surface area contributed by atoms with E-state index in [1.54, 1.807) is 48.8 Å². The Balaban J connectivity index is 1.96. The fraction of sp³-hybridized carbons (Fsp3) is 0. The Hall–Kier alpha value is -3.19. The minimum Gasteiger partial charge on any atom is -0.266 e. The average molecular weight is 334 g/mol. The lowest BCUT2D eigenvalue weighted by Gasteiger charge is -1.98. The molecule has 4 rings (SSSR count). The second-order valence-corrected chi connectivity index (χ2v) is 6.04. The van der Waals surface area contributed by atoms with Crippen molar-refractivity contribution in [2.75, 3.05) is 0 Å². The predicted octanol–water partition coefficient (Wildman–Crippen LogP) is 1.12. The van der Waals surface area contributed by atoms with Crippen LogP contribution in [0.5, 0.6) is 0 Å². The lowest BCUT2D eigenvalue weighted by molar-refractivity contribution is 0.873. The molecule has 0 unspecified atom stereocenters. The normalized spacial score (nSPS) is 11.9. The number of rotatable bonds is 2. The number of fused-ring (bicyclic) bond motifs is 1. The summed E-state index contributed by atoms with van der Waals surface area (Å²) in [7, 11) is 0. The molecule has 116 valence electrons. The summed E-state index contributed by atoms with van der Waals surface area (Å²) in [6.07, 6.45) is 5.03. The van der Waals surface area contributed by atoms with Crippen LogP contribution in [0, 0.1) is 0 Å². The Morgan fingerprint density at radius 3 is 2.62 bits per heavy atom. The second kappa shape index (κ2) is 5.78. The van der Waals surface area contributed by atoms with Gasteiger partial charge in [-0.1, -0.05) is 47.7 Å². The van der Waals surface area contributed by atoms with E-state index in [1.165, 1.54) is 4.52 Å². The molecule has 0 aliphatic heterocycles. The summed E-state index contributed by atoms with van der Waals surface area (Å²) in [4.78, 5) is 33.1. The van der Waals surface area contributed by atoms with E-state index in [1.807, 2.05) is 12.1 Å². The van der Waals surface area contributed by atoms with Gasteiger partial charge in [0.15, 0.2) is 5.69 Å². The molecule has 0 amide bonds. The summed E-state index contributed by atoms with van der Waals surface area (Å²) < 4.78 is 1.63. The second-order valence-electron chi connectivity index (χ2n) is 5.03. The van der Waals surface area contributed by atoms with Crippen molar-refractivity contribution in [2.24, 2.45) is 0 Å². The maximum Gasteiger partial charge on any atom is 0.300 e. The van der Waals surface area contributed by atoms with E-state index in [4.69, 9.17) is 0 Å². The maximum atomic E-state index is 12.5. The van der Waals surface area contributed by atoms with Gasteiger partial charge in [0.2, 0.25) is 4.96 Å². The van der Waals surface area contributed by atoms with Gasteiger partial charge >= 0.3 is 5.56 Å². The quantitative estimate of drug-likeness (QED) is 0.549. The largest absolute Gasteiger partial charge is 0.300 e. The standard InChI is InChI=1S/C17H10N4O2S/c22-15-14(12-6-2-1-3-7-12)20-21-16(23)13(24-17(21)19-15)9-11-5-4-8-18-10-11/h1-10H. The lowest BCUT2D eigenvalue weighted by Crippen LogP contribution is -2.26. The fourth-order valence-electron chi connectivity index (χ4n) is 2.30. The van der Waals surface area contributed by atoms with Crippen LogP contribution in [0.4, 0.5) is 0 Å². The van der Waals surface area contributed by atoms with Crippen molar-refractivity contribution in [1.82, 2.24) is 19.6 Å². The molecule has 1 aromatic carbocycles. The molecular formula is C17H10N4O2S. The molecule has 4 aromatic rings. The molecule has 0 aliphatic rings. The van der Waals surface area contributed by atoms with Gasteiger partial charge in [-0.3, -0.25) is 14.6 Å². The number of hydrogen-bond acceptors (Lipinski definition) is 6. The van der Waals surface area contributed by atoms with Gasteiger partial charge < -0.3 is 0 Å². The molecule has 24 heavy (non-hydrogen) atoms. The number of hydrogen-bond donors (Lipinski definition) is 0. The van der Waals surface area contributed by atoms with E-state index in [0.29, 0.717) is 10.1 Å². The third-order valence-electron chi connectivity index (χ3n) is 3.41. The Kier molecular flexibility index (Phi) is 3.47. The van der Waals surface area contributed by atoms with Gasteiger partial charge in [-0.25, -0.2) is 0 Å². The first-order valence-electron chi connectivity index (χ1n) is 7.13. The highest BCUT2D eigenvalue weighted by atomic mass is 32.1. The summed E-state index contributed by atoms with van der Waals surface area (Å²) in [5.74, 6) is 0. The van der Waals surface area contributed by atoms with Crippen LogP contribution in [0.1, 0.15) is 5.56 Å². The third kappa shape index (κ3) is 2.50. The van der Waals surface area contributed by atoms with E-state index in [0.717, 1.165) is 16.9 Å². The maximum absolute atomic E-state index is 12.5. The molecule has 0 aliphatic carbocycles. The van der Waals surface area contributed by atoms with Gasteiger partial charge in [0, 0.05) is 18.0 Å². The van der Waals surface area contributed by atoms with Crippen LogP contribution in [0.25, 0.3) is 22.3 Å². The van der Waals surface area contributed by atoms with E-state index in [2.05, 4.69) is 15.1 Å². The predicted molar refractivity (Wildman–Crippen MR) is 91.9 cm³/mol. The highest BCUT2D eigenvalue weighted by Crippen LogP contribution is 2.11. The smallest absolute Gasteiger partial charge is 0.266 e. The first-order valence-corrected chi connectivity index (χ1v) is 7.95. The summed E-state index contributed by atoms with van der Waals surface area (Å²) >= 11 is 1.13. The molecule has 3 aromatic heterocycles. The fourth-order valence-corrected chi connectivity index (χ4v) is 3.20. The Labute approximate surface area is 139 Å². The number of benzene rings is 1. The third-order valence-corrected chi connectivity index (χ3v) is 4.37. The summed E-state index contributed by atoms with van der Waals surface area (Å²) in [6.45, 7) is 0. The van der Waals surface area contributed by atoms with E-state index in [9.17, 15) is 9.59 Å². The zero-order valence-electron chi connectivity index (χ0n) is 12.3. The van der Waals surface area contributed by atoms with Crippen molar-refractivity contribution in [3.8, 4) is 11.3 Å². The van der Waals surface area contributed by atoms with Gasteiger partial charge in [0.05, 0.1) is 4.53 Å². The highest BCUT2D eigenvalue weighted by molar-refractivity contribution is 7.15. The van der Waals surface area contributed by atoms with Crippen LogP contribution >= 0.6 is 11.3 Å². The van der Waals surface area contributed by atoms with Crippen LogP contribution in [0.15, 0.2) is 64.4 Å². The van der Waals surface area contributed by atoms with E-state index in [-0.39, 0.29) is 16.2 Å². The molecule has 0 radical (unpaired) electrons. The minimum atomic E-state index is -0.449. The number of nitrogens with zero attached hydrogens (tertiary/aromatic N) is 4. The van der Waals surface area contributed by atoms with Crippen LogP contribution < -0.4 is 15.7 Å². The van der Waals surface area contributed by atoms with Crippen molar-refractivity contribution in [3.63, 3.8) is 0 Å². The van der Waals surface area contributed by atoms with Crippen molar-refractivity contribution in [2.45, 2.75) is 0 Å². The van der Waals surface area contributed by atoms with Crippen LogP contribution in [0.3, 0.4) is 0 Å². The van der Waals surface area contributed by atoms with E-state index < -0.39 is 5.56 Å². The van der Waals surface area contributed by atoms with Crippen molar-refractivity contribution in [1.29, 1.82) is 0 Å². The molecule has 0 N–H and O–H groups in total. The number of pyridine rings is 1. The van der Waals surface area contributed by atoms with Crippen molar-refractivity contribution < 1.29 is 0 Å². The molecule has 6 nitrogen and oxygen atoms in total. The van der Waals surface area contributed by atoms with Gasteiger partial charge in [-0.15, -0.1) is 0 Å². The first kappa shape index (κ1) is 14.4. The number of aromatic nitrogens is 4. The Morgan fingerprint density at radius 1 is 1.04 bits per heavy atom. The van der Waals surface area contributed by atoms with Gasteiger partial charge in [0.1, 0.15) is 0 Å². The van der Waals surface area contributed by atoms with Crippen LogP contribution in [-0.4, -0.2) is 19.6 Å². The molecule has 0 saturated heterocycles. The number of thiazole rings is 1. The van der Waals surface area contributed by atoms with Gasteiger partial charge in [0.25, 0.3) is 5.56 Å². The highest BCUT2D eigenvalue weighted by Gasteiger charge is 2.12. The molecular weight excluding hydrogens is 324 g/mol. The summed E-state index contributed by atoms with van der Waals surface area (Å²) in [5.41, 5.74) is 0.843. The Bertz CT molecular complexity index is 1180. The van der Waals surface area contributed by atoms with Gasteiger partial charge in [-0.2, -0.15) is 14.6 Å². The minimum absolute atomic E-state index is 0.163. The zero-order chi connectivity index (χ0) is 16.5. The lowest BCUT2D eigenvalue weighted by atomic mass is 10.2. The molecule has 3 heterocycles. The van der Waals surface area contributed by atoms with Crippen LogP contribution in [0.2, 0.25) is 0 Å². The molecule has 0 saturated carbocycles. The van der Waals surface area contributed by atoms with Crippen molar-refractivity contribution >= 4 is 22.4 Å². The first-order chi connectivity index (χ1) is 11.7. The SMILES string of the molecule is O=c1nc2sc(=Cc3cccnc3)c(=O)n2nc1-c1ccccc1. The molecule has 0 atom stereocenters. The summed E-state index contributed by atoms with van der Waals surface area (Å²) in [6, 6.07) is 12.6. The summed E-state index contributed by atoms with van der Waals surface area (Å²) in [5, 5.41) is 4.21. The molecule has 7 heteroatoms. The van der Waals surface area contributed by atoms with Gasteiger partial charge in [-0.05, 0) is 17.7 Å². The van der Waals surface area contributed by atoms with E-state index >= 15 is 0 Å². The topological polar surface area (TPSA) is 77.2 Å². The molecule has 0 bridgehead atoms. The average Bonchev–Trinajstić information content (AvgIpc) is 2.91.